The van der Waals surface area contributed by atoms with Crippen LogP contribution in [0, 0.1) is 5.92 Å². The molecule has 1 aromatic carbocycles. The number of carbonyl (C=O) groups is 1. The minimum atomic E-state index is -0.138. The quantitative estimate of drug-likeness (QED) is 0.618. The lowest BCUT2D eigenvalue weighted by Crippen LogP contribution is -2.36. The molecule has 1 unspecified atom stereocenters. The average Bonchev–Trinajstić information content (AvgIpc) is 2.77. The second-order valence-corrected chi connectivity index (χ2v) is 8.93. The van der Waals surface area contributed by atoms with Gasteiger partial charge in [0.2, 0.25) is 5.95 Å². The van der Waals surface area contributed by atoms with Crippen LogP contribution in [0.1, 0.15) is 49.4 Å². The molecule has 3 heterocycles. The fraction of sp³-hybridized carbons (Fsp3) is 0.500. The summed E-state index contributed by atoms with van der Waals surface area (Å²) in [6.45, 7) is 4.96. The molecule has 1 amide bonds. The van der Waals surface area contributed by atoms with E-state index < -0.39 is 0 Å². The number of piperidine rings is 1. The first-order valence-electron chi connectivity index (χ1n) is 10.9. The van der Waals surface area contributed by atoms with Gasteiger partial charge >= 0.3 is 0 Å². The lowest BCUT2D eigenvalue weighted by atomic mass is 9.92. The van der Waals surface area contributed by atoms with Crippen molar-refractivity contribution in [3.8, 4) is 0 Å². The van der Waals surface area contributed by atoms with Gasteiger partial charge in [-0.1, -0.05) is 25.3 Å². The fourth-order valence-electron chi connectivity index (χ4n) is 4.18. The molecule has 160 valence electrons. The summed E-state index contributed by atoms with van der Waals surface area (Å²) in [5.74, 6) is 2.58. The zero-order chi connectivity index (χ0) is 20.8. The molecule has 30 heavy (non-hydrogen) atoms. The SMILES string of the molecule is CCSNc1ccc2c(c1)N1CCCC(CCCCNc3nccc(n3)NC2=O)C1. The molecule has 2 aromatic rings. The van der Waals surface area contributed by atoms with E-state index in [1.807, 2.05) is 12.1 Å². The molecule has 2 aliphatic rings. The zero-order valence-electron chi connectivity index (χ0n) is 17.5. The highest BCUT2D eigenvalue weighted by molar-refractivity contribution is 8.00. The van der Waals surface area contributed by atoms with Crippen LogP contribution in [0.5, 0.6) is 0 Å². The van der Waals surface area contributed by atoms with E-state index in [-0.39, 0.29) is 5.91 Å². The lowest BCUT2D eigenvalue weighted by Gasteiger charge is -2.35. The first-order chi connectivity index (χ1) is 14.7. The van der Waals surface area contributed by atoms with Crippen LogP contribution in [0.4, 0.5) is 23.1 Å². The van der Waals surface area contributed by atoms with Gasteiger partial charge in [-0.05, 0) is 55.9 Å². The summed E-state index contributed by atoms with van der Waals surface area (Å²) in [5, 5.41) is 6.24. The number of benzene rings is 1. The van der Waals surface area contributed by atoms with Crippen molar-refractivity contribution in [3.05, 3.63) is 36.0 Å². The molecule has 2 aliphatic heterocycles. The molecule has 4 bridgehead atoms. The van der Waals surface area contributed by atoms with Crippen LogP contribution in [0.3, 0.4) is 0 Å². The highest BCUT2D eigenvalue weighted by Crippen LogP contribution is 2.32. The Balaban J connectivity index is 1.68. The normalized spacial score (nSPS) is 19.6. The summed E-state index contributed by atoms with van der Waals surface area (Å²) in [7, 11) is 0. The van der Waals surface area contributed by atoms with Gasteiger partial charge in [0, 0.05) is 37.3 Å². The maximum Gasteiger partial charge on any atom is 0.258 e. The molecule has 1 aromatic heterocycles. The van der Waals surface area contributed by atoms with E-state index in [2.05, 4.69) is 43.2 Å². The average molecular weight is 427 g/mol. The molecule has 0 saturated carbocycles. The molecule has 8 heteroatoms. The fourth-order valence-corrected chi connectivity index (χ4v) is 4.62. The molecule has 1 saturated heterocycles. The van der Waals surface area contributed by atoms with Crippen LogP contribution in [0.15, 0.2) is 30.5 Å². The number of amides is 1. The van der Waals surface area contributed by atoms with Gasteiger partial charge in [0.05, 0.1) is 11.3 Å². The number of aromatic nitrogens is 2. The molecular weight excluding hydrogens is 396 g/mol. The van der Waals surface area contributed by atoms with E-state index >= 15 is 0 Å². The molecule has 0 spiro atoms. The number of nitrogens with zero attached hydrogens (tertiary/aromatic N) is 3. The number of hydrogen-bond acceptors (Lipinski definition) is 7. The number of hydrogen-bond donors (Lipinski definition) is 3. The highest BCUT2D eigenvalue weighted by Gasteiger charge is 2.24. The number of nitrogens with one attached hydrogen (secondary N) is 3. The second-order valence-electron chi connectivity index (χ2n) is 7.86. The molecular formula is C22H30N6OS. The maximum absolute atomic E-state index is 13.2. The van der Waals surface area contributed by atoms with Gasteiger partial charge in [0.15, 0.2) is 0 Å². The summed E-state index contributed by atoms with van der Waals surface area (Å²) in [4.78, 5) is 24.3. The zero-order valence-corrected chi connectivity index (χ0v) is 18.3. The Morgan fingerprint density at radius 3 is 3.03 bits per heavy atom. The molecule has 3 N–H and O–H groups in total. The van der Waals surface area contributed by atoms with Crippen molar-refractivity contribution in [2.45, 2.75) is 39.0 Å². The highest BCUT2D eigenvalue weighted by atomic mass is 32.2. The van der Waals surface area contributed by atoms with E-state index in [1.165, 1.54) is 19.3 Å². The van der Waals surface area contributed by atoms with E-state index in [4.69, 9.17) is 0 Å². The molecule has 1 fully saturated rings. The van der Waals surface area contributed by atoms with E-state index in [0.29, 0.717) is 23.2 Å². The number of anilines is 4. The first-order valence-corrected chi connectivity index (χ1v) is 11.9. The van der Waals surface area contributed by atoms with Crippen LogP contribution in [0.25, 0.3) is 0 Å². The third kappa shape index (κ3) is 5.16. The number of rotatable bonds is 3. The van der Waals surface area contributed by atoms with Gasteiger partial charge in [0.25, 0.3) is 5.91 Å². The van der Waals surface area contributed by atoms with Gasteiger partial charge in [0.1, 0.15) is 5.82 Å². The van der Waals surface area contributed by atoms with Crippen LogP contribution in [-0.4, -0.2) is 41.3 Å². The largest absolute Gasteiger partial charge is 0.371 e. The summed E-state index contributed by atoms with van der Waals surface area (Å²) in [6.07, 6.45) is 7.59. The van der Waals surface area contributed by atoms with E-state index in [0.717, 1.165) is 49.6 Å². The van der Waals surface area contributed by atoms with E-state index in [9.17, 15) is 4.79 Å². The smallest absolute Gasteiger partial charge is 0.258 e. The predicted molar refractivity (Wildman–Crippen MR) is 125 cm³/mol. The summed E-state index contributed by atoms with van der Waals surface area (Å²) in [6, 6.07) is 7.74. The first kappa shape index (κ1) is 20.8. The van der Waals surface area contributed by atoms with Crippen molar-refractivity contribution in [1.82, 2.24) is 9.97 Å². The number of carbonyl (C=O) groups excluding carboxylic acids is 1. The van der Waals surface area contributed by atoms with Gasteiger partial charge in [-0.25, -0.2) is 4.98 Å². The van der Waals surface area contributed by atoms with Crippen LogP contribution < -0.4 is 20.3 Å². The molecule has 0 radical (unpaired) electrons. The molecule has 1 atom stereocenters. The van der Waals surface area contributed by atoms with Gasteiger partial charge in [-0.3, -0.25) is 4.79 Å². The Morgan fingerprint density at radius 2 is 2.13 bits per heavy atom. The standard InChI is InChI=1S/C22H30N6OS/c1-2-30-27-17-8-9-18-19(14-17)28-13-5-7-16(15-28)6-3-4-11-23-22-24-12-10-20(26-22)25-21(18)29/h8-10,12,14,16,27H,2-7,11,13,15H2,1H3,(H2,23,24,25,26,29). The molecule has 0 aliphatic carbocycles. The number of fused-ring (bicyclic) bond motifs is 6. The lowest BCUT2D eigenvalue weighted by molar-refractivity contribution is 0.102. The second kappa shape index (κ2) is 10.0. The summed E-state index contributed by atoms with van der Waals surface area (Å²) < 4.78 is 3.38. The van der Waals surface area contributed by atoms with Crippen molar-refractivity contribution in [2.75, 3.05) is 45.6 Å². The third-order valence-corrected chi connectivity index (χ3v) is 6.32. The van der Waals surface area contributed by atoms with Crippen molar-refractivity contribution < 1.29 is 4.79 Å². The topological polar surface area (TPSA) is 82.2 Å². The van der Waals surface area contributed by atoms with Crippen molar-refractivity contribution in [2.24, 2.45) is 5.92 Å². The van der Waals surface area contributed by atoms with Crippen LogP contribution in [-0.2, 0) is 0 Å². The van der Waals surface area contributed by atoms with Crippen molar-refractivity contribution >= 4 is 41.0 Å². The molecule has 7 nitrogen and oxygen atoms in total. The van der Waals surface area contributed by atoms with Crippen LogP contribution >= 0.6 is 11.9 Å². The Kier molecular flexibility index (Phi) is 6.94. The van der Waals surface area contributed by atoms with Gasteiger partial charge < -0.3 is 20.3 Å². The Labute approximate surface area is 182 Å². The minimum Gasteiger partial charge on any atom is -0.371 e. The summed E-state index contributed by atoms with van der Waals surface area (Å²) in [5.41, 5.74) is 2.72. The Morgan fingerprint density at radius 1 is 1.23 bits per heavy atom. The van der Waals surface area contributed by atoms with Gasteiger partial charge in [-0.2, -0.15) is 4.98 Å². The van der Waals surface area contributed by atoms with Crippen LogP contribution in [0.2, 0.25) is 0 Å². The van der Waals surface area contributed by atoms with Crippen molar-refractivity contribution in [1.29, 1.82) is 0 Å². The summed E-state index contributed by atoms with van der Waals surface area (Å²) >= 11 is 1.66. The third-order valence-electron chi connectivity index (χ3n) is 5.66. The van der Waals surface area contributed by atoms with Crippen molar-refractivity contribution in [3.63, 3.8) is 0 Å². The monoisotopic (exact) mass is 426 g/mol. The Bertz CT molecular complexity index is 876. The van der Waals surface area contributed by atoms with Gasteiger partial charge in [-0.15, -0.1) is 0 Å². The van der Waals surface area contributed by atoms with E-state index in [1.54, 1.807) is 24.2 Å². The molecule has 4 rings (SSSR count). The predicted octanol–water partition coefficient (Wildman–Crippen LogP) is 4.62. The maximum atomic E-state index is 13.2. The minimum absolute atomic E-state index is 0.138. The Hall–Kier alpha value is -2.48.